The maximum atomic E-state index is 4.15. The summed E-state index contributed by atoms with van der Waals surface area (Å²) < 4.78 is 1.84. The van der Waals surface area contributed by atoms with E-state index in [1.165, 1.54) is 42.7 Å². The summed E-state index contributed by atoms with van der Waals surface area (Å²) in [6.45, 7) is 5.28. The highest BCUT2D eigenvalue weighted by Gasteiger charge is 2.19. The van der Waals surface area contributed by atoms with Crippen molar-refractivity contribution in [2.24, 2.45) is 5.92 Å². The van der Waals surface area contributed by atoms with Crippen LogP contribution in [0.1, 0.15) is 24.0 Å². The Kier molecular flexibility index (Phi) is 5.80. The Morgan fingerprint density at radius 2 is 1.63 bits per heavy atom. The molecule has 0 spiro atoms. The van der Waals surface area contributed by atoms with Crippen LogP contribution in [0.2, 0.25) is 0 Å². The van der Waals surface area contributed by atoms with Crippen molar-refractivity contribution in [3.05, 3.63) is 78.4 Å². The summed E-state index contributed by atoms with van der Waals surface area (Å²) in [6, 6.07) is 19.4. The zero-order valence-corrected chi connectivity index (χ0v) is 15.7. The van der Waals surface area contributed by atoms with E-state index >= 15 is 0 Å². The standard InChI is InChI=1S/C22H27N5/c1-2-4-20(5-3-1)15-26-12-10-19(11-13-26)14-24-22-8-6-21(7-9-22)16-27-18-23-17-25-27/h1-9,17-19,24H,10-16H2. The molecule has 0 saturated carbocycles. The topological polar surface area (TPSA) is 46.0 Å². The number of aromatic nitrogens is 3. The van der Waals surface area contributed by atoms with Crippen molar-refractivity contribution in [2.75, 3.05) is 25.0 Å². The summed E-state index contributed by atoms with van der Waals surface area (Å²) >= 11 is 0. The van der Waals surface area contributed by atoms with E-state index in [1.807, 2.05) is 4.68 Å². The highest BCUT2D eigenvalue weighted by molar-refractivity contribution is 5.44. The largest absolute Gasteiger partial charge is 0.385 e. The van der Waals surface area contributed by atoms with Gasteiger partial charge in [0.2, 0.25) is 0 Å². The quantitative estimate of drug-likeness (QED) is 0.698. The highest BCUT2D eigenvalue weighted by atomic mass is 15.3. The summed E-state index contributed by atoms with van der Waals surface area (Å²) in [6.07, 6.45) is 5.85. The van der Waals surface area contributed by atoms with Crippen LogP contribution in [0, 0.1) is 5.92 Å². The van der Waals surface area contributed by atoms with E-state index in [0.717, 1.165) is 25.6 Å². The van der Waals surface area contributed by atoms with Gasteiger partial charge in [0, 0.05) is 18.8 Å². The number of hydrogen-bond donors (Lipinski definition) is 1. The molecule has 0 atom stereocenters. The van der Waals surface area contributed by atoms with Gasteiger partial charge in [0.05, 0.1) is 6.54 Å². The van der Waals surface area contributed by atoms with Gasteiger partial charge in [-0.05, 0) is 55.1 Å². The van der Waals surface area contributed by atoms with E-state index in [0.29, 0.717) is 0 Å². The summed E-state index contributed by atoms with van der Waals surface area (Å²) in [4.78, 5) is 6.56. The van der Waals surface area contributed by atoms with Gasteiger partial charge in [0.25, 0.3) is 0 Å². The Bertz CT molecular complexity index is 790. The third kappa shape index (κ3) is 5.17. The number of hydrogen-bond acceptors (Lipinski definition) is 4. The van der Waals surface area contributed by atoms with Crippen molar-refractivity contribution in [1.82, 2.24) is 19.7 Å². The second-order valence-electron chi connectivity index (χ2n) is 7.38. The van der Waals surface area contributed by atoms with Gasteiger partial charge in [0.15, 0.2) is 0 Å². The first kappa shape index (κ1) is 17.7. The van der Waals surface area contributed by atoms with Gasteiger partial charge < -0.3 is 5.32 Å². The molecule has 1 aliphatic rings. The van der Waals surface area contributed by atoms with Gasteiger partial charge in [-0.2, -0.15) is 5.10 Å². The van der Waals surface area contributed by atoms with Crippen LogP contribution in [0.25, 0.3) is 0 Å². The zero-order valence-electron chi connectivity index (χ0n) is 15.7. The van der Waals surface area contributed by atoms with E-state index < -0.39 is 0 Å². The van der Waals surface area contributed by atoms with Crippen molar-refractivity contribution < 1.29 is 0 Å². The number of piperidine rings is 1. The van der Waals surface area contributed by atoms with Gasteiger partial charge in [-0.1, -0.05) is 42.5 Å². The van der Waals surface area contributed by atoms with Crippen LogP contribution in [0.15, 0.2) is 67.3 Å². The lowest BCUT2D eigenvalue weighted by Gasteiger charge is -2.32. The summed E-state index contributed by atoms with van der Waals surface area (Å²) in [5, 5.41) is 7.76. The van der Waals surface area contributed by atoms with Gasteiger partial charge in [-0.15, -0.1) is 0 Å². The number of likely N-dealkylation sites (tertiary alicyclic amines) is 1. The van der Waals surface area contributed by atoms with E-state index in [4.69, 9.17) is 0 Å². The Morgan fingerprint density at radius 3 is 2.33 bits per heavy atom. The third-order valence-corrected chi connectivity index (χ3v) is 5.32. The van der Waals surface area contributed by atoms with Crippen molar-refractivity contribution in [3.63, 3.8) is 0 Å². The molecule has 140 valence electrons. The minimum atomic E-state index is 0.756. The molecular weight excluding hydrogens is 334 g/mol. The van der Waals surface area contributed by atoms with Gasteiger partial charge in [0.1, 0.15) is 12.7 Å². The molecule has 3 aromatic rings. The highest BCUT2D eigenvalue weighted by Crippen LogP contribution is 2.20. The molecule has 5 nitrogen and oxygen atoms in total. The first-order valence-corrected chi connectivity index (χ1v) is 9.77. The average molecular weight is 361 g/mol. The van der Waals surface area contributed by atoms with Crippen molar-refractivity contribution in [2.45, 2.75) is 25.9 Å². The van der Waals surface area contributed by atoms with Gasteiger partial charge in [-0.25, -0.2) is 9.67 Å². The molecule has 1 N–H and O–H groups in total. The van der Waals surface area contributed by atoms with Crippen LogP contribution in [-0.4, -0.2) is 39.3 Å². The first-order valence-electron chi connectivity index (χ1n) is 9.77. The van der Waals surface area contributed by atoms with Crippen LogP contribution in [0.5, 0.6) is 0 Å². The second-order valence-corrected chi connectivity index (χ2v) is 7.38. The second kappa shape index (κ2) is 8.82. The normalized spacial score (nSPS) is 15.7. The van der Waals surface area contributed by atoms with Crippen LogP contribution >= 0.6 is 0 Å². The smallest absolute Gasteiger partial charge is 0.137 e. The van der Waals surface area contributed by atoms with E-state index in [9.17, 15) is 0 Å². The number of benzene rings is 2. The summed E-state index contributed by atoms with van der Waals surface area (Å²) in [5.74, 6) is 0.756. The van der Waals surface area contributed by atoms with Crippen molar-refractivity contribution in [3.8, 4) is 0 Å². The minimum Gasteiger partial charge on any atom is -0.385 e. The van der Waals surface area contributed by atoms with E-state index in [2.05, 4.69) is 74.9 Å². The third-order valence-electron chi connectivity index (χ3n) is 5.32. The minimum absolute atomic E-state index is 0.756. The Balaban J connectivity index is 1.19. The first-order chi connectivity index (χ1) is 13.3. The molecule has 0 bridgehead atoms. The predicted octanol–water partition coefficient (Wildman–Crippen LogP) is 3.65. The predicted molar refractivity (Wildman–Crippen MR) is 108 cm³/mol. The Labute approximate surface area is 161 Å². The zero-order chi connectivity index (χ0) is 18.3. The molecule has 0 radical (unpaired) electrons. The van der Waals surface area contributed by atoms with Crippen molar-refractivity contribution >= 4 is 5.69 Å². The molecular formula is C22H27N5. The van der Waals surface area contributed by atoms with Crippen LogP contribution in [0.4, 0.5) is 5.69 Å². The van der Waals surface area contributed by atoms with Crippen LogP contribution in [0.3, 0.4) is 0 Å². The molecule has 1 saturated heterocycles. The molecule has 1 fully saturated rings. The van der Waals surface area contributed by atoms with Gasteiger partial charge >= 0.3 is 0 Å². The number of nitrogens with one attached hydrogen (secondary N) is 1. The molecule has 0 unspecified atom stereocenters. The van der Waals surface area contributed by atoms with Crippen molar-refractivity contribution in [1.29, 1.82) is 0 Å². The van der Waals surface area contributed by atoms with Crippen LogP contribution < -0.4 is 5.32 Å². The molecule has 0 amide bonds. The molecule has 1 aromatic heterocycles. The van der Waals surface area contributed by atoms with Gasteiger partial charge in [-0.3, -0.25) is 4.90 Å². The maximum Gasteiger partial charge on any atom is 0.137 e. The Morgan fingerprint density at radius 1 is 0.889 bits per heavy atom. The maximum absolute atomic E-state index is 4.15. The summed E-state index contributed by atoms with van der Waals surface area (Å²) in [7, 11) is 0. The fourth-order valence-corrected chi connectivity index (χ4v) is 3.68. The summed E-state index contributed by atoms with van der Waals surface area (Å²) in [5.41, 5.74) is 3.85. The number of rotatable bonds is 7. The number of anilines is 1. The monoisotopic (exact) mass is 361 g/mol. The lowest BCUT2D eigenvalue weighted by Crippen LogP contribution is -2.35. The van der Waals surface area contributed by atoms with Crippen LogP contribution in [-0.2, 0) is 13.1 Å². The molecule has 0 aliphatic carbocycles. The average Bonchev–Trinajstić information content (AvgIpc) is 3.22. The SMILES string of the molecule is c1ccc(CN2CCC(CNc3ccc(Cn4cncn4)cc3)CC2)cc1. The molecule has 2 aromatic carbocycles. The molecule has 2 heterocycles. The molecule has 1 aliphatic heterocycles. The fourth-order valence-electron chi connectivity index (χ4n) is 3.68. The fraction of sp³-hybridized carbons (Fsp3) is 0.364. The lowest BCUT2D eigenvalue weighted by molar-refractivity contribution is 0.182. The van der Waals surface area contributed by atoms with E-state index in [1.54, 1.807) is 12.7 Å². The van der Waals surface area contributed by atoms with E-state index in [-0.39, 0.29) is 0 Å². The number of nitrogens with zero attached hydrogens (tertiary/aromatic N) is 4. The lowest BCUT2D eigenvalue weighted by atomic mass is 9.96. The Hall–Kier alpha value is -2.66. The molecule has 27 heavy (non-hydrogen) atoms. The molecule has 4 rings (SSSR count). The molecule has 5 heteroatoms.